The average molecular weight is 375 g/mol. The molecular weight excluding hydrogens is 375 g/mol. The summed E-state index contributed by atoms with van der Waals surface area (Å²) in [6.45, 7) is 0. The average Bonchev–Trinajstić information content (AvgIpc) is 2.06. The predicted molar refractivity (Wildman–Crippen MR) is 38.2 cm³/mol. The van der Waals surface area contributed by atoms with Gasteiger partial charge in [-0.15, -0.1) is 0 Å². The molecule has 0 aliphatic heterocycles. The van der Waals surface area contributed by atoms with E-state index in [-0.39, 0.29) is 0 Å². The Hall–Kier alpha value is -1.56. The minimum atomic E-state index is -4.89. The van der Waals surface area contributed by atoms with Crippen LogP contribution in [-0.4, -0.2) is 46.7 Å². The van der Waals surface area contributed by atoms with Crippen molar-refractivity contribution in [3.8, 4) is 0 Å². The van der Waals surface area contributed by atoms with Crippen molar-refractivity contribution in [3.05, 3.63) is 0 Å². The van der Waals surface area contributed by atoms with Crippen molar-refractivity contribution < 1.29 is 19.2 Å². The van der Waals surface area contributed by atoms with Gasteiger partial charge in [0.25, 0.3) is 0 Å². The summed E-state index contributed by atoms with van der Waals surface area (Å²) in [6.07, 6.45) is 4.08. The van der Waals surface area contributed by atoms with E-state index < -0.39 is 22.4 Å². The molecule has 0 heterocycles. The Bertz CT molecular complexity index is 303. The molecule has 13 heavy (non-hydrogen) atoms. The molecule has 0 aromatic carbocycles. The molecule has 0 rings (SSSR count). The monoisotopic (exact) mass is 376 g/mol. The normalized spacial score (nSPS) is 11.7. The number of rotatable bonds is 4. The Morgan fingerprint density at radius 3 is 1.00 bits per heavy atom. The molecule has 0 fully saturated rings. The topological polar surface area (TPSA) is 118 Å². The van der Waals surface area contributed by atoms with Crippen molar-refractivity contribution in [2.75, 3.05) is 0 Å². The van der Waals surface area contributed by atoms with Gasteiger partial charge in [-0.1, -0.05) is 0 Å². The van der Waals surface area contributed by atoms with Gasteiger partial charge in [-0.2, -0.15) is 0 Å². The summed E-state index contributed by atoms with van der Waals surface area (Å²) < 4.78 is 11.8. The van der Waals surface area contributed by atoms with Gasteiger partial charge in [0.05, 0.1) is 0 Å². The Morgan fingerprint density at radius 2 is 0.846 bits per heavy atom. The molecular formula is C4N4O4Pb. The van der Waals surface area contributed by atoms with Crippen molar-refractivity contribution in [2.24, 2.45) is 11.2 Å². The van der Waals surface area contributed by atoms with Crippen molar-refractivity contribution in [2.45, 2.75) is 0 Å². The molecule has 0 atom stereocenters. The number of carbonyl (C=O) groups excluding carboxylic acids is 4. The van der Waals surface area contributed by atoms with Gasteiger partial charge in [0.15, 0.2) is 0 Å². The van der Waals surface area contributed by atoms with E-state index in [1.165, 1.54) is 0 Å². The van der Waals surface area contributed by atoms with E-state index in [0.717, 1.165) is 24.3 Å². The molecule has 0 spiro atoms. The van der Waals surface area contributed by atoms with Gasteiger partial charge in [0.2, 0.25) is 0 Å². The summed E-state index contributed by atoms with van der Waals surface area (Å²) in [4.78, 5) is 39.4. The van der Waals surface area contributed by atoms with Crippen LogP contribution in [0.3, 0.4) is 0 Å². The molecule has 0 saturated carbocycles. The molecule has 0 aromatic heterocycles. The first-order chi connectivity index (χ1) is 6.24. The summed E-state index contributed by atoms with van der Waals surface area (Å²) in [5.41, 5.74) is 0. The molecule has 0 unspecified atom stereocenters. The van der Waals surface area contributed by atoms with Crippen LogP contribution < -0.4 is 0 Å². The van der Waals surface area contributed by atoms with Crippen LogP contribution in [0.25, 0.3) is 0 Å². The predicted octanol–water partition coefficient (Wildman–Crippen LogP) is -1.23. The third-order valence-corrected chi connectivity index (χ3v) is 6.87. The first-order valence-corrected chi connectivity index (χ1v) is 9.56. The number of hydrogen-bond acceptors (Lipinski definition) is 8. The van der Waals surface area contributed by atoms with Crippen LogP contribution in [0.15, 0.2) is 11.2 Å². The van der Waals surface area contributed by atoms with Gasteiger partial charge < -0.3 is 0 Å². The fourth-order valence-corrected chi connectivity index (χ4v) is 3.47. The maximum atomic E-state index is 9.84. The summed E-state index contributed by atoms with van der Waals surface area (Å²) in [6, 6.07) is 0. The molecule has 0 radical (unpaired) electrons. The van der Waals surface area contributed by atoms with Crippen LogP contribution in [0.2, 0.25) is 0 Å². The van der Waals surface area contributed by atoms with Crippen LogP contribution in [0.1, 0.15) is 0 Å². The zero-order valence-corrected chi connectivity index (χ0v) is 9.81. The van der Waals surface area contributed by atoms with Gasteiger partial charge in [-0.25, -0.2) is 0 Å². The third kappa shape index (κ3) is 3.57. The third-order valence-electron chi connectivity index (χ3n) is 0.783. The molecule has 64 valence electrons. The number of hydrogen-bond donors (Lipinski definition) is 0. The second kappa shape index (κ2) is 6.01. The van der Waals surface area contributed by atoms with Crippen LogP contribution >= 0.6 is 0 Å². The van der Waals surface area contributed by atoms with Crippen molar-refractivity contribution in [1.82, 2.24) is 0 Å². The summed E-state index contributed by atoms with van der Waals surface area (Å²) in [5, 5.41) is 0. The van der Waals surface area contributed by atoms with E-state index in [1.807, 2.05) is 0 Å². The molecule has 0 aromatic rings. The SMILES string of the molecule is O=C=[N][Pb]([N]=C=O)([N]=C=O)[N]=C=O. The van der Waals surface area contributed by atoms with Crippen LogP contribution in [0.5, 0.6) is 0 Å². The molecule has 0 saturated heterocycles. The molecule has 9 heteroatoms. The summed E-state index contributed by atoms with van der Waals surface area (Å²) in [7, 11) is 0. The van der Waals surface area contributed by atoms with E-state index in [1.54, 1.807) is 0 Å². The van der Waals surface area contributed by atoms with E-state index in [0.29, 0.717) is 0 Å². The number of nitrogens with zero attached hydrogens (tertiary/aromatic N) is 4. The van der Waals surface area contributed by atoms with Crippen LogP contribution in [0, 0.1) is 0 Å². The summed E-state index contributed by atoms with van der Waals surface area (Å²) in [5.74, 6) is 0. The second-order valence-corrected chi connectivity index (χ2v) is 9.55. The fraction of sp³-hybridized carbons (Fsp3) is 0. The van der Waals surface area contributed by atoms with Crippen molar-refractivity contribution in [3.63, 3.8) is 0 Å². The minimum absolute atomic E-state index is 1.02. The second-order valence-electron chi connectivity index (χ2n) is 1.41. The quantitative estimate of drug-likeness (QED) is 0.347. The Morgan fingerprint density at radius 1 is 0.615 bits per heavy atom. The first kappa shape index (κ1) is 11.4. The first-order valence-electron chi connectivity index (χ1n) is 2.61. The molecule has 0 amide bonds. The van der Waals surface area contributed by atoms with Crippen molar-refractivity contribution >= 4 is 46.7 Å². The zero-order valence-electron chi connectivity index (χ0n) is 5.92. The molecule has 0 bridgehead atoms. The Balaban J connectivity index is 5.52. The standard InChI is InChI=1S/4CNO.Pb/c4*2-1-3;/q4*-1;+4. The molecule has 0 aliphatic carbocycles. The van der Waals surface area contributed by atoms with Gasteiger partial charge in [0, 0.05) is 0 Å². The van der Waals surface area contributed by atoms with E-state index in [9.17, 15) is 19.2 Å². The molecule has 0 N–H and O–H groups in total. The van der Waals surface area contributed by atoms with Crippen LogP contribution in [-0.2, 0) is 19.2 Å². The molecule has 0 aliphatic rings. The Labute approximate surface area is 77.2 Å². The fourth-order valence-electron chi connectivity index (χ4n) is 0.395. The van der Waals surface area contributed by atoms with Gasteiger partial charge in [0.1, 0.15) is 0 Å². The zero-order chi connectivity index (χ0) is 10.2. The van der Waals surface area contributed by atoms with Gasteiger partial charge in [-0.05, 0) is 0 Å². The van der Waals surface area contributed by atoms with E-state index in [2.05, 4.69) is 11.2 Å². The van der Waals surface area contributed by atoms with Crippen LogP contribution in [0.4, 0.5) is 0 Å². The van der Waals surface area contributed by atoms with Gasteiger partial charge >= 0.3 is 77.1 Å². The van der Waals surface area contributed by atoms with E-state index >= 15 is 0 Å². The van der Waals surface area contributed by atoms with E-state index in [4.69, 9.17) is 0 Å². The number of isocyanates is 4. The maximum absolute atomic E-state index is 9.84. The molecule has 8 nitrogen and oxygen atoms in total. The summed E-state index contributed by atoms with van der Waals surface area (Å²) >= 11 is -4.89. The van der Waals surface area contributed by atoms with Crippen molar-refractivity contribution in [1.29, 1.82) is 0 Å². The van der Waals surface area contributed by atoms with Gasteiger partial charge in [-0.3, -0.25) is 0 Å². The Kier molecular flexibility index (Phi) is 5.29.